The summed E-state index contributed by atoms with van der Waals surface area (Å²) >= 11 is 0. The lowest BCUT2D eigenvalue weighted by Crippen LogP contribution is -2.47. The number of likely N-dealkylation sites (tertiary alicyclic amines) is 1. The van der Waals surface area contributed by atoms with Crippen molar-refractivity contribution in [3.05, 3.63) is 18.0 Å². The molecule has 1 aliphatic heterocycles. The first-order chi connectivity index (χ1) is 7.16. The van der Waals surface area contributed by atoms with Gasteiger partial charge in [0.1, 0.15) is 0 Å². The molecule has 2 N–H and O–H groups in total. The minimum Gasteiger partial charge on any atom is -0.335 e. The second-order valence-electron chi connectivity index (χ2n) is 3.99. The average Bonchev–Trinajstić information content (AvgIpc) is 2.59. The van der Waals surface area contributed by atoms with Gasteiger partial charge in [-0.15, -0.1) is 0 Å². The summed E-state index contributed by atoms with van der Waals surface area (Å²) in [5.74, 6) is 0.0481. The van der Waals surface area contributed by atoms with Crippen LogP contribution < -0.4 is 5.73 Å². The van der Waals surface area contributed by atoms with Gasteiger partial charge in [0.25, 0.3) is 0 Å². The largest absolute Gasteiger partial charge is 0.335 e. The molecule has 1 fully saturated rings. The third-order valence-electron chi connectivity index (χ3n) is 2.69. The van der Waals surface area contributed by atoms with Gasteiger partial charge in [-0.25, -0.2) is 0 Å². The van der Waals surface area contributed by atoms with Gasteiger partial charge in [-0.2, -0.15) is 5.10 Å². The molecule has 1 aromatic rings. The molecule has 5 nitrogen and oxygen atoms in total. The maximum Gasteiger partial charge on any atom is 0.239 e. The Morgan fingerprint density at radius 2 is 2.47 bits per heavy atom. The molecule has 5 heteroatoms. The zero-order valence-corrected chi connectivity index (χ0v) is 8.89. The van der Waals surface area contributed by atoms with Crippen LogP contribution in [0.1, 0.15) is 18.5 Å². The lowest BCUT2D eigenvalue weighted by atomic mass is 10.1. The number of piperidine rings is 1. The monoisotopic (exact) mass is 208 g/mol. The van der Waals surface area contributed by atoms with Crippen LogP contribution in [0.25, 0.3) is 0 Å². The van der Waals surface area contributed by atoms with E-state index < -0.39 is 0 Å². The third-order valence-corrected chi connectivity index (χ3v) is 2.69. The van der Waals surface area contributed by atoms with E-state index >= 15 is 0 Å². The van der Waals surface area contributed by atoms with Crippen LogP contribution in [0.4, 0.5) is 0 Å². The lowest BCUT2D eigenvalue weighted by molar-refractivity contribution is -0.135. The third kappa shape index (κ3) is 2.18. The van der Waals surface area contributed by atoms with Crippen LogP contribution in [-0.2, 0) is 18.4 Å². The Labute approximate surface area is 88.8 Å². The first-order valence-corrected chi connectivity index (χ1v) is 5.20. The van der Waals surface area contributed by atoms with E-state index in [2.05, 4.69) is 5.10 Å². The highest BCUT2D eigenvalue weighted by molar-refractivity contribution is 5.82. The number of nitrogens with zero attached hydrogens (tertiary/aromatic N) is 3. The zero-order chi connectivity index (χ0) is 10.8. The van der Waals surface area contributed by atoms with E-state index in [9.17, 15) is 4.79 Å². The van der Waals surface area contributed by atoms with E-state index in [1.165, 1.54) is 0 Å². The molecule has 0 aromatic carbocycles. The number of amides is 1. The molecule has 2 heterocycles. The SMILES string of the molecule is Cn1ccc(CN2CCCC(N)C2=O)n1. The molecule has 0 radical (unpaired) electrons. The van der Waals surface area contributed by atoms with Gasteiger partial charge in [0, 0.05) is 19.8 Å². The van der Waals surface area contributed by atoms with Crippen LogP contribution in [0.15, 0.2) is 12.3 Å². The minimum atomic E-state index is -0.317. The van der Waals surface area contributed by atoms with Gasteiger partial charge >= 0.3 is 0 Å². The molecule has 1 amide bonds. The van der Waals surface area contributed by atoms with Gasteiger partial charge in [0.15, 0.2) is 0 Å². The summed E-state index contributed by atoms with van der Waals surface area (Å²) in [6.45, 7) is 1.37. The minimum absolute atomic E-state index is 0.0481. The maximum absolute atomic E-state index is 11.7. The molecular formula is C10H16N4O. The summed E-state index contributed by atoms with van der Waals surface area (Å²) in [6, 6.07) is 1.61. The Morgan fingerprint density at radius 3 is 3.13 bits per heavy atom. The van der Waals surface area contributed by atoms with E-state index in [1.54, 1.807) is 9.58 Å². The molecule has 1 aliphatic rings. The van der Waals surface area contributed by atoms with Gasteiger partial charge in [0.2, 0.25) is 5.91 Å². The Bertz CT molecular complexity index is 360. The first kappa shape index (κ1) is 10.2. The van der Waals surface area contributed by atoms with Crippen molar-refractivity contribution < 1.29 is 4.79 Å². The number of rotatable bonds is 2. The summed E-state index contributed by atoms with van der Waals surface area (Å²) in [4.78, 5) is 13.5. The van der Waals surface area contributed by atoms with Crippen LogP contribution in [0.3, 0.4) is 0 Å². The molecule has 0 saturated carbocycles. The Balaban J connectivity index is 2.02. The van der Waals surface area contributed by atoms with Crippen LogP contribution in [0.2, 0.25) is 0 Å². The molecule has 1 unspecified atom stereocenters. The van der Waals surface area contributed by atoms with Crippen LogP contribution >= 0.6 is 0 Å². The molecule has 1 saturated heterocycles. The molecule has 0 bridgehead atoms. The van der Waals surface area contributed by atoms with Crippen LogP contribution in [0.5, 0.6) is 0 Å². The van der Waals surface area contributed by atoms with Crippen molar-refractivity contribution in [3.63, 3.8) is 0 Å². The Hall–Kier alpha value is -1.36. The highest BCUT2D eigenvalue weighted by Crippen LogP contribution is 2.12. The summed E-state index contributed by atoms with van der Waals surface area (Å²) in [5.41, 5.74) is 6.63. The van der Waals surface area contributed by atoms with Crippen molar-refractivity contribution in [2.75, 3.05) is 6.54 Å². The standard InChI is InChI=1S/C10H16N4O/c1-13-6-4-8(12-13)7-14-5-2-3-9(11)10(14)15/h4,6,9H,2-3,5,7,11H2,1H3. The van der Waals surface area contributed by atoms with Crippen molar-refractivity contribution in [1.29, 1.82) is 0 Å². The van der Waals surface area contributed by atoms with Crippen molar-refractivity contribution in [3.8, 4) is 0 Å². The summed E-state index contributed by atoms with van der Waals surface area (Å²) < 4.78 is 1.74. The topological polar surface area (TPSA) is 64.2 Å². The smallest absolute Gasteiger partial charge is 0.239 e. The van der Waals surface area contributed by atoms with Crippen molar-refractivity contribution in [2.24, 2.45) is 12.8 Å². The van der Waals surface area contributed by atoms with E-state index in [4.69, 9.17) is 5.73 Å². The van der Waals surface area contributed by atoms with E-state index in [1.807, 2.05) is 19.3 Å². The number of aryl methyl sites for hydroxylation is 1. The van der Waals surface area contributed by atoms with Crippen molar-refractivity contribution >= 4 is 5.91 Å². The highest BCUT2D eigenvalue weighted by atomic mass is 16.2. The predicted molar refractivity (Wildman–Crippen MR) is 55.8 cm³/mol. The Morgan fingerprint density at radius 1 is 1.67 bits per heavy atom. The van der Waals surface area contributed by atoms with Gasteiger partial charge in [-0.3, -0.25) is 9.48 Å². The number of aromatic nitrogens is 2. The van der Waals surface area contributed by atoms with Gasteiger partial charge < -0.3 is 10.6 Å². The molecule has 0 aliphatic carbocycles. The molecular weight excluding hydrogens is 192 g/mol. The number of hydrogen-bond donors (Lipinski definition) is 1. The van der Waals surface area contributed by atoms with Crippen LogP contribution in [-0.4, -0.2) is 33.2 Å². The van der Waals surface area contributed by atoms with Crippen molar-refractivity contribution in [2.45, 2.75) is 25.4 Å². The fourth-order valence-electron chi connectivity index (χ4n) is 1.87. The fraction of sp³-hybridized carbons (Fsp3) is 0.600. The normalized spacial score (nSPS) is 22.1. The summed E-state index contributed by atoms with van der Waals surface area (Å²) in [6.07, 6.45) is 3.67. The van der Waals surface area contributed by atoms with Gasteiger partial charge in [-0.1, -0.05) is 0 Å². The van der Waals surface area contributed by atoms with E-state index in [-0.39, 0.29) is 11.9 Å². The van der Waals surface area contributed by atoms with Gasteiger partial charge in [-0.05, 0) is 18.9 Å². The van der Waals surface area contributed by atoms with E-state index in [0.717, 1.165) is 25.1 Å². The quantitative estimate of drug-likeness (QED) is 0.736. The van der Waals surface area contributed by atoms with Gasteiger partial charge in [0.05, 0.1) is 18.3 Å². The molecule has 2 rings (SSSR count). The summed E-state index contributed by atoms with van der Waals surface area (Å²) in [5, 5.41) is 4.25. The van der Waals surface area contributed by atoms with E-state index in [0.29, 0.717) is 6.54 Å². The van der Waals surface area contributed by atoms with Crippen molar-refractivity contribution in [1.82, 2.24) is 14.7 Å². The molecule has 1 aromatic heterocycles. The zero-order valence-electron chi connectivity index (χ0n) is 8.89. The number of hydrogen-bond acceptors (Lipinski definition) is 3. The highest BCUT2D eigenvalue weighted by Gasteiger charge is 2.25. The Kier molecular flexibility index (Phi) is 2.73. The lowest BCUT2D eigenvalue weighted by Gasteiger charge is -2.29. The predicted octanol–water partition coefficient (Wildman–Crippen LogP) is -0.130. The second kappa shape index (κ2) is 4.02. The molecule has 1 atom stereocenters. The average molecular weight is 208 g/mol. The number of carbonyl (C=O) groups is 1. The molecule has 0 spiro atoms. The molecule has 15 heavy (non-hydrogen) atoms. The second-order valence-corrected chi connectivity index (χ2v) is 3.99. The fourth-order valence-corrected chi connectivity index (χ4v) is 1.87. The van der Waals surface area contributed by atoms with Crippen LogP contribution in [0, 0.1) is 0 Å². The first-order valence-electron chi connectivity index (χ1n) is 5.20. The summed E-state index contributed by atoms with van der Waals surface area (Å²) in [7, 11) is 1.87. The molecule has 82 valence electrons. The number of carbonyl (C=O) groups excluding carboxylic acids is 1. The maximum atomic E-state index is 11.7. The number of nitrogens with two attached hydrogens (primary N) is 1.